The van der Waals surface area contributed by atoms with E-state index in [1.807, 2.05) is 0 Å². The molecule has 7 heteroatoms. The molecule has 2 rings (SSSR count). The van der Waals surface area contributed by atoms with Crippen LogP contribution in [0, 0.1) is 0 Å². The van der Waals surface area contributed by atoms with Gasteiger partial charge in [0.2, 0.25) is 0 Å². The molecule has 7 nitrogen and oxygen atoms in total. The lowest BCUT2D eigenvalue weighted by molar-refractivity contribution is 0.0934. The number of methoxy groups -OCH3 is 1. The Kier molecular flexibility index (Phi) is 6.09. The number of likely N-dealkylation sites (N-methyl/N-ethyl adjacent to an activating group) is 1. The molecule has 1 amide bonds. The first-order valence-electron chi connectivity index (χ1n) is 7.67. The van der Waals surface area contributed by atoms with Gasteiger partial charge >= 0.3 is 6.01 Å². The van der Waals surface area contributed by atoms with Crippen LogP contribution < -0.4 is 10.1 Å². The van der Waals surface area contributed by atoms with Crippen LogP contribution in [0.4, 0.5) is 0 Å². The van der Waals surface area contributed by atoms with E-state index in [4.69, 9.17) is 4.74 Å². The zero-order valence-corrected chi connectivity index (χ0v) is 13.6. The van der Waals surface area contributed by atoms with Crippen LogP contribution in [-0.2, 0) is 0 Å². The number of nitrogens with one attached hydrogen (secondary N) is 1. The van der Waals surface area contributed by atoms with Gasteiger partial charge in [0.25, 0.3) is 5.91 Å². The highest BCUT2D eigenvalue weighted by Crippen LogP contribution is 2.07. The van der Waals surface area contributed by atoms with Crippen molar-refractivity contribution in [1.82, 2.24) is 25.1 Å². The van der Waals surface area contributed by atoms with Gasteiger partial charge in [0.15, 0.2) is 0 Å². The lowest BCUT2D eigenvalue weighted by Gasteiger charge is -2.36. The minimum atomic E-state index is -0.145. The Labute approximate surface area is 131 Å². The maximum Gasteiger partial charge on any atom is 0.316 e. The summed E-state index contributed by atoms with van der Waals surface area (Å²) in [5.74, 6) is -0.145. The first-order valence-corrected chi connectivity index (χ1v) is 7.67. The van der Waals surface area contributed by atoms with Crippen molar-refractivity contribution in [2.45, 2.75) is 19.4 Å². The van der Waals surface area contributed by atoms with Crippen molar-refractivity contribution < 1.29 is 9.53 Å². The summed E-state index contributed by atoms with van der Waals surface area (Å²) in [6, 6.07) is 0.737. The summed E-state index contributed by atoms with van der Waals surface area (Å²) in [5, 5.41) is 2.92. The van der Waals surface area contributed by atoms with Gasteiger partial charge in [0.1, 0.15) is 0 Å². The molecule has 1 aliphatic rings. The molecule has 0 bridgehead atoms. The number of carbonyl (C=O) groups is 1. The molecule has 1 fully saturated rings. The maximum absolute atomic E-state index is 12.0. The minimum Gasteiger partial charge on any atom is -0.467 e. The fourth-order valence-electron chi connectivity index (χ4n) is 2.48. The van der Waals surface area contributed by atoms with Crippen molar-refractivity contribution in [2.24, 2.45) is 0 Å². The number of aromatic nitrogens is 2. The highest BCUT2D eigenvalue weighted by Gasteiger charge is 2.19. The number of carbonyl (C=O) groups excluding carboxylic acids is 1. The number of hydrogen-bond acceptors (Lipinski definition) is 6. The van der Waals surface area contributed by atoms with Gasteiger partial charge < -0.3 is 15.0 Å². The zero-order valence-electron chi connectivity index (χ0n) is 13.6. The highest BCUT2D eigenvalue weighted by molar-refractivity contribution is 5.93. The lowest BCUT2D eigenvalue weighted by atomic mass is 10.1. The molecule has 0 aromatic carbocycles. The number of hydrogen-bond donors (Lipinski definition) is 1. The molecule has 1 atom stereocenters. The van der Waals surface area contributed by atoms with Crippen molar-refractivity contribution in [3.05, 3.63) is 18.0 Å². The second-order valence-electron chi connectivity index (χ2n) is 5.69. The molecule has 122 valence electrons. The van der Waals surface area contributed by atoms with Gasteiger partial charge in [-0.3, -0.25) is 9.69 Å². The summed E-state index contributed by atoms with van der Waals surface area (Å²) < 4.78 is 4.87. The van der Waals surface area contributed by atoms with Crippen molar-refractivity contribution >= 4 is 5.91 Å². The molecular formula is C15H25N5O2. The molecule has 1 aromatic heterocycles. The van der Waals surface area contributed by atoms with Gasteiger partial charge in [0, 0.05) is 51.2 Å². The highest BCUT2D eigenvalue weighted by atomic mass is 16.5. The largest absolute Gasteiger partial charge is 0.467 e. The third-order valence-corrected chi connectivity index (χ3v) is 4.08. The molecule has 1 N–H and O–H groups in total. The predicted octanol–water partition coefficient (Wildman–Crippen LogP) is 0.241. The molecule has 2 heterocycles. The monoisotopic (exact) mass is 307 g/mol. The summed E-state index contributed by atoms with van der Waals surface area (Å²) >= 11 is 0. The van der Waals surface area contributed by atoms with Crippen LogP contribution >= 0.6 is 0 Å². The lowest BCUT2D eigenvalue weighted by Crippen LogP contribution is -2.48. The van der Waals surface area contributed by atoms with Gasteiger partial charge in [-0.05, 0) is 20.4 Å². The second kappa shape index (κ2) is 8.05. The fraction of sp³-hybridized carbons (Fsp3) is 0.667. The smallest absolute Gasteiger partial charge is 0.316 e. The standard InChI is InChI=1S/C15H25N5O2/c1-12(20-8-6-19(2)7-9-20)4-5-16-14(21)13-10-17-15(22-3)18-11-13/h10-12H,4-9H2,1-3H3,(H,16,21). The maximum atomic E-state index is 12.0. The van der Waals surface area contributed by atoms with E-state index < -0.39 is 0 Å². The van der Waals surface area contributed by atoms with Crippen LogP contribution in [0.15, 0.2) is 12.4 Å². The average molecular weight is 307 g/mol. The van der Waals surface area contributed by atoms with Gasteiger partial charge in [0.05, 0.1) is 12.7 Å². The molecule has 1 aromatic rings. The molecule has 0 radical (unpaired) electrons. The first-order chi connectivity index (χ1) is 10.6. The van der Waals surface area contributed by atoms with E-state index in [2.05, 4.69) is 39.1 Å². The Morgan fingerprint density at radius 3 is 2.55 bits per heavy atom. The Hall–Kier alpha value is -1.73. The van der Waals surface area contributed by atoms with Crippen LogP contribution in [0.2, 0.25) is 0 Å². The molecule has 0 aliphatic carbocycles. The third-order valence-electron chi connectivity index (χ3n) is 4.08. The van der Waals surface area contributed by atoms with E-state index in [9.17, 15) is 4.79 Å². The molecule has 1 saturated heterocycles. The average Bonchev–Trinajstić information content (AvgIpc) is 2.55. The summed E-state index contributed by atoms with van der Waals surface area (Å²) in [7, 11) is 3.65. The normalized spacial score (nSPS) is 18.0. The molecule has 1 unspecified atom stereocenters. The number of nitrogens with zero attached hydrogens (tertiary/aromatic N) is 4. The summed E-state index contributed by atoms with van der Waals surface area (Å²) in [4.78, 5) is 24.7. The topological polar surface area (TPSA) is 70.6 Å². The predicted molar refractivity (Wildman–Crippen MR) is 84.1 cm³/mol. The summed E-state index contributed by atoms with van der Waals surface area (Å²) in [6.07, 6.45) is 3.89. The fourth-order valence-corrected chi connectivity index (χ4v) is 2.48. The van der Waals surface area contributed by atoms with Crippen LogP contribution in [-0.4, -0.2) is 78.6 Å². The summed E-state index contributed by atoms with van der Waals surface area (Å²) in [6.45, 7) is 7.28. The second-order valence-corrected chi connectivity index (χ2v) is 5.69. The molecule has 0 spiro atoms. The van der Waals surface area contributed by atoms with Gasteiger partial charge in [-0.15, -0.1) is 0 Å². The van der Waals surface area contributed by atoms with E-state index in [0.717, 1.165) is 32.6 Å². The Balaban J connectivity index is 1.71. The minimum absolute atomic E-state index is 0.145. The van der Waals surface area contributed by atoms with Crippen LogP contribution in [0.1, 0.15) is 23.7 Å². The van der Waals surface area contributed by atoms with E-state index in [0.29, 0.717) is 18.2 Å². The Morgan fingerprint density at radius 1 is 1.32 bits per heavy atom. The molecule has 0 saturated carbocycles. The Morgan fingerprint density at radius 2 is 1.95 bits per heavy atom. The van der Waals surface area contributed by atoms with Crippen LogP contribution in [0.3, 0.4) is 0 Å². The zero-order chi connectivity index (χ0) is 15.9. The van der Waals surface area contributed by atoms with Crippen molar-refractivity contribution in [3.63, 3.8) is 0 Å². The van der Waals surface area contributed by atoms with Gasteiger partial charge in [-0.25, -0.2) is 9.97 Å². The number of amides is 1. The van der Waals surface area contributed by atoms with Gasteiger partial charge in [-0.2, -0.15) is 0 Å². The van der Waals surface area contributed by atoms with Crippen molar-refractivity contribution in [2.75, 3.05) is 46.9 Å². The third kappa shape index (κ3) is 4.64. The van der Waals surface area contributed by atoms with E-state index in [1.54, 1.807) is 0 Å². The molecule has 22 heavy (non-hydrogen) atoms. The number of ether oxygens (including phenoxy) is 1. The van der Waals surface area contributed by atoms with Crippen molar-refractivity contribution in [1.29, 1.82) is 0 Å². The SMILES string of the molecule is COc1ncc(C(=O)NCCC(C)N2CCN(C)CC2)cn1. The summed E-state index contributed by atoms with van der Waals surface area (Å²) in [5.41, 5.74) is 0.452. The van der Waals surface area contributed by atoms with Crippen LogP contribution in [0.5, 0.6) is 6.01 Å². The first kappa shape index (κ1) is 16.6. The van der Waals surface area contributed by atoms with E-state index >= 15 is 0 Å². The van der Waals surface area contributed by atoms with E-state index in [1.165, 1.54) is 19.5 Å². The van der Waals surface area contributed by atoms with E-state index in [-0.39, 0.29) is 11.9 Å². The number of rotatable bonds is 6. The Bertz CT molecular complexity index is 471. The van der Waals surface area contributed by atoms with Crippen LogP contribution in [0.25, 0.3) is 0 Å². The molecule has 1 aliphatic heterocycles. The van der Waals surface area contributed by atoms with Crippen molar-refractivity contribution in [3.8, 4) is 6.01 Å². The van der Waals surface area contributed by atoms with Gasteiger partial charge in [-0.1, -0.05) is 0 Å². The number of piperazine rings is 1. The molecular weight excluding hydrogens is 282 g/mol. The quantitative estimate of drug-likeness (QED) is 0.812.